The van der Waals surface area contributed by atoms with Crippen molar-refractivity contribution in [1.29, 1.82) is 0 Å². The van der Waals surface area contributed by atoms with Gasteiger partial charge in [0.2, 0.25) is 5.88 Å². The fourth-order valence-electron chi connectivity index (χ4n) is 4.07. The molecule has 0 aromatic heterocycles. The molecule has 0 saturated heterocycles. The molecule has 0 saturated carbocycles. The number of carbonyl (C=O) groups is 1. The number of halogens is 1. The number of anilines is 1. The minimum Gasteiger partial charge on any atom is -0.493 e. The van der Waals surface area contributed by atoms with Gasteiger partial charge in [0.1, 0.15) is 11.3 Å². The summed E-state index contributed by atoms with van der Waals surface area (Å²) in [6.45, 7) is 2.82. The van der Waals surface area contributed by atoms with E-state index in [0.717, 1.165) is 35.3 Å². The van der Waals surface area contributed by atoms with Gasteiger partial charge in [-0.2, -0.15) is 0 Å². The summed E-state index contributed by atoms with van der Waals surface area (Å²) in [6.07, 6.45) is 0.822. The van der Waals surface area contributed by atoms with Crippen molar-refractivity contribution in [3.63, 3.8) is 0 Å². The molecule has 2 aromatic rings. The second-order valence-electron chi connectivity index (χ2n) is 6.96. The molecular weight excluding hydrogens is 452 g/mol. The van der Waals surface area contributed by atoms with Gasteiger partial charge in [-0.05, 0) is 53.0 Å². The number of nitrogens with two attached hydrogens (primary N) is 1. The predicted molar refractivity (Wildman–Crippen MR) is 116 cm³/mol. The number of fused-ring (bicyclic) bond motifs is 3. The average Bonchev–Trinajstić information content (AvgIpc) is 3.21. The van der Waals surface area contributed by atoms with E-state index >= 15 is 0 Å². The first-order chi connectivity index (χ1) is 14.5. The van der Waals surface area contributed by atoms with Crippen LogP contribution in [0.2, 0.25) is 0 Å². The molecule has 2 heterocycles. The van der Waals surface area contributed by atoms with E-state index in [1.165, 1.54) is 0 Å². The molecule has 0 amide bonds. The lowest BCUT2D eigenvalue weighted by Gasteiger charge is -2.30. The smallest absolute Gasteiger partial charge is 0.340 e. The van der Waals surface area contributed by atoms with E-state index in [4.69, 9.17) is 24.7 Å². The molecular formula is C22H23BrN2O5. The Morgan fingerprint density at radius 1 is 1.30 bits per heavy atom. The standard InChI is InChI=1S/C22H23BrN2O5/c1-4-29-22(26)18-17(11-9-14(23)20(28-3)16(10-11)27-2)13-5-6-15-12(7-8-25-15)19(13)30-21(18)24/h5-6,9-10,17,25H,4,7-8,24H2,1-3H3. The molecule has 2 aromatic carbocycles. The summed E-state index contributed by atoms with van der Waals surface area (Å²) in [6, 6.07) is 7.73. The van der Waals surface area contributed by atoms with Gasteiger partial charge in [-0.15, -0.1) is 0 Å². The van der Waals surface area contributed by atoms with Gasteiger partial charge in [-0.3, -0.25) is 0 Å². The molecule has 158 valence electrons. The highest BCUT2D eigenvalue weighted by atomic mass is 79.9. The van der Waals surface area contributed by atoms with E-state index in [-0.39, 0.29) is 18.1 Å². The Morgan fingerprint density at radius 2 is 2.10 bits per heavy atom. The van der Waals surface area contributed by atoms with Crippen LogP contribution in [0.25, 0.3) is 0 Å². The van der Waals surface area contributed by atoms with E-state index in [2.05, 4.69) is 21.2 Å². The number of nitrogens with one attached hydrogen (secondary N) is 1. The first-order valence-corrected chi connectivity index (χ1v) is 10.4. The Kier molecular flexibility index (Phi) is 5.51. The summed E-state index contributed by atoms with van der Waals surface area (Å²) in [5, 5.41) is 3.34. The molecule has 0 radical (unpaired) electrons. The molecule has 0 fully saturated rings. The lowest BCUT2D eigenvalue weighted by Crippen LogP contribution is -2.28. The van der Waals surface area contributed by atoms with Crippen LogP contribution in [-0.4, -0.2) is 33.3 Å². The zero-order chi connectivity index (χ0) is 21.4. The molecule has 4 rings (SSSR count). The lowest BCUT2D eigenvalue weighted by molar-refractivity contribution is -0.139. The van der Waals surface area contributed by atoms with Crippen LogP contribution in [0.1, 0.15) is 29.5 Å². The monoisotopic (exact) mass is 474 g/mol. The number of carbonyl (C=O) groups excluding carboxylic acids is 1. The van der Waals surface area contributed by atoms with Crippen molar-refractivity contribution in [2.24, 2.45) is 5.73 Å². The van der Waals surface area contributed by atoms with Crippen molar-refractivity contribution in [2.75, 3.05) is 32.7 Å². The summed E-state index contributed by atoms with van der Waals surface area (Å²) in [4.78, 5) is 12.9. The summed E-state index contributed by atoms with van der Waals surface area (Å²) < 4.78 is 23.0. The maximum absolute atomic E-state index is 12.9. The number of esters is 1. The second-order valence-corrected chi connectivity index (χ2v) is 7.81. The molecule has 2 aliphatic rings. The molecule has 8 heteroatoms. The van der Waals surface area contributed by atoms with Gasteiger partial charge >= 0.3 is 5.97 Å². The SMILES string of the molecule is CCOC(=O)C1=C(N)Oc2c(ccc3c2CCN3)C1c1cc(Br)c(OC)c(OC)c1. The lowest BCUT2D eigenvalue weighted by atomic mass is 9.81. The largest absolute Gasteiger partial charge is 0.493 e. The minimum absolute atomic E-state index is 0.0529. The Balaban J connectivity index is 1.95. The third-order valence-electron chi connectivity index (χ3n) is 5.34. The summed E-state index contributed by atoms with van der Waals surface area (Å²) >= 11 is 3.55. The third kappa shape index (κ3) is 3.25. The first kappa shape index (κ1) is 20.4. The van der Waals surface area contributed by atoms with Crippen molar-refractivity contribution < 1.29 is 23.7 Å². The number of benzene rings is 2. The second kappa shape index (κ2) is 8.10. The molecule has 7 nitrogen and oxygen atoms in total. The molecule has 0 spiro atoms. The average molecular weight is 475 g/mol. The first-order valence-electron chi connectivity index (χ1n) is 9.65. The van der Waals surface area contributed by atoms with Crippen LogP contribution in [0.15, 0.2) is 40.2 Å². The number of methoxy groups -OCH3 is 2. The van der Waals surface area contributed by atoms with Crippen LogP contribution in [0.3, 0.4) is 0 Å². The van der Waals surface area contributed by atoms with E-state index in [1.807, 2.05) is 24.3 Å². The molecule has 30 heavy (non-hydrogen) atoms. The predicted octanol–water partition coefficient (Wildman–Crippen LogP) is 3.69. The maximum Gasteiger partial charge on any atom is 0.340 e. The summed E-state index contributed by atoms with van der Waals surface area (Å²) in [5.41, 5.74) is 10.3. The van der Waals surface area contributed by atoms with Gasteiger partial charge in [-0.25, -0.2) is 4.79 Å². The quantitative estimate of drug-likeness (QED) is 0.638. The fourth-order valence-corrected chi connectivity index (χ4v) is 4.69. The number of ether oxygens (including phenoxy) is 4. The summed E-state index contributed by atoms with van der Waals surface area (Å²) in [7, 11) is 3.14. The van der Waals surface area contributed by atoms with Crippen molar-refractivity contribution >= 4 is 27.6 Å². The number of rotatable bonds is 5. The molecule has 1 unspecified atom stereocenters. The van der Waals surface area contributed by atoms with E-state index in [1.54, 1.807) is 21.1 Å². The van der Waals surface area contributed by atoms with Gasteiger partial charge in [-0.1, -0.05) is 6.07 Å². The van der Waals surface area contributed by atoms with Crippen LogP contribution in [0, 0.1) is 0 Å². The van der Waals surface area contributed by atoms with Gasteiger partial charge in [0, 0.05) is 23.4 Å². The van der Waals surface area contributed by atoms with Gasteiger partial charge in [0.15, 0.2) is 11.5 Å². The van der Waals surface area contributed by atoms with Crippen LogP contribution in [0.5, 0.6) is 17.2 Å². The van der Waals surface area contributed by atoms with Gasteiger partial charge < -0.3 is 30.0 Å². The highest BCUT2D eigenvalue weighted by molar-refractivity contribution is 9.10. The minimum atomic E-state index is -0.504. The highest BCUT2D eigenvalue weighted by Crippen LogP contribution is 2.49. The Bertz CT molecular complexity index is 1050. The maximum atomic E-state index is 12.9. The van der Waals surface area contributed by atoms with E-state index < -0.39 is 11.9 Å². The molecule has 2 aliphatic heterocycles. The molecule has 0 aliphatic carbocycles. The third-order valence-corrected chi connectivity index (χ3v) is 5.93. The molecule has 0 bridgehead atoms. The Hall–Kier alpha value is -2.87. The normalized spacial score (nSPS) is 16.9. The highest BCUT2D eigenvalue weighted by Gasteiger charge is 2.38. The van der Waals surface area contributed by atoms with E-state index in [0.29, 0.717) is 21.7 Å². The van der Waals surface area contributed by atoms with Gasteiger partial charge in [0.05, 0.1) is 31.2 Å². The van der Waals surface area contributed by atoms with Crippen LogP contribution in [0.4, 0.5) is 5.69 Å². The van der Waals surface area contributed by atoms with Crippen molar-refractivity contribution in [3.05, 3.63) is 56.9 Å². The Morgan fingerprint density at radius 3 is 2.80 bits per heavy atom. The number of hydrogen-bond donors (Lipinski definition) is 2. The molecule has 1 atom stereocenters. The summed E-state index contributed by atoms with van der Waals surface area (Å²) in [5.74, 6) is 0.877. The molecule has 3 N–H and O–H groups in total. The number of hydrogen-bond acceptors (Lipinski definition) is 7. The Labute approximate surface area is 183 Å². The van der Waals surface area contributed by atoms with Crippen LogP contribution in [-0.2, 0) is 16.0 Å². The van der Waals surface area contributed by atoms with E-state index in [9.17, 15) is 4.79 Å². The zero-order valence-corrected chi connectivity index (χ0v) is 18.6. The fraction of sp³-hybridized carbons (Fsp3) is 0.318. The topological polar surface area (TPSA) is 92.0 Å². The van der Waals surface area contributed by atoms with Crippen LogP contribution >= 0.6 is 15.9 Å². The van der Waals surface area contributed by atoms with Crippen molar-refractivity contribution in [2.45, 2.75) is 19.3 Å². The van der Waals surface area contributed by atoms with Crippen LogP contribution < -0.4 is 25.3 Å². The van der Waals surface area contributed by atoms with Crippen molar-refractivity contribution in [1.82, 2.24) is 0 Å². The van der Waals surface area contributed by atoms with Gasteiger partial charge in [0.25, 0.3) is 0 Å². The van der Waals surface area contributed by atoms with Crippen molar-refractivity contribution in [3.8, 4) is 17.2 Å². The zero-order valence-electron chi connectivity index (χ0n) is 17.0.